The Morgan fingerprint density at radius 2 is 2.11 bits per heavy atom. The van der Waals surface area contributed by atoms with Crippen molar-refractivity contribution >= 4 is 5.91 Å². The maximum absolute atomic E-state index is 12.0. The van der Waals surface area contributed by atoms with Gasteiger partial charge >= 0.3 is 0 Å². The Hall–Kier alpha value is -1.61. The van der Waals surface area contributed by atoms with Gasteiger partial charge in [-0.05, 0) is 36.8 Å². The van der Waals surface area contributed by atoms with Gasteiger partial charge in [0.05, 0.1) is 12.1 Å². The van der Waals surface area contributed by atoms with Crippen LogP contribution in [0.4, 0.5) is 0 Å². The molecule has 2 atom stereocenters. The Labute approximate surface area is 113 Å². The molecule has 1 amide bonds. The first-order valence-electron chi connectivity index (χ1n) is 6.89. The van der Waals surface area contributed by atoms with Gasteiger partial charge in [-0.25, -0.2) is 0 Å². The minimum absolute atomic E-state index is 0.0925. The lowest BCUT2D eigenvalue weighted by atomic mass is 10.1. The molecule has 0 heterocycles. The second-order valence-corrected chi connectivity index (χ2v) is 5.62. The number of aliphatic hydroxyl groups excluding tert-OH is 1. The molecule has 2 N–H and O–H groups in total. The van der Waals surface area contributed by atoms with E-state index in [-0.39, 0.29) is 11.9 Å². The predicted molar refractivity (Wildman–Crippen MR) is 73.5 cm³/mol. The molecule has 1 fully saturated rings. The molecule has 0 radical (unpaired) electrons. The fourth-order valence-corrected chi connectivity index (χ4v) is 2.81. The van der Waals surface area contributed by atoms with Crippen molar-refractivity contribution < 1.29 is 9.90 Å². The van der Waals surface area contributed by atoms with Crippen LogP contribution in [0.5, 0.6) is 0 Å². The van der Waals surface area contributed by atoms with Crippen LogP contribution in [0.25, 0.3) is 0 Å². The van der Waals surface area contributed by atoms with E-state index in [1.54, 1.807) is 6.08 Å². The van der Waals surface area contributed by atoms with Crippen LogP contribution in [0.2, 0.25) is 0 Å². The van der Waals surface area contributed by atoms with Gasteiger partial charge in [-0.2, -0.15) is 0 Å². The van der Waals surface area contributed by atoms with E-state index in [2.05, 4.69) is 5.32 Å². The number of hydrogen-bond donors (Lipinski definition) is 2. The molecule has 3 rings (SSSR count). The quantitative estimate of drug-likeness (QED) is 0.815. The standard InChI is InChI=1S/C16H19NO2/c1-10(11-6-7-11)8-15(19)17-16-13-5-3-2-4-12(13)9-14(16)18/h2-5,8,11,14,16,18H,6-7,9H2,1H3,(H,17,19)/t14-,16+/m1/s1. The van der Waals surface area contributed by atoms with Crippen molar-refractivity contribution in [3.8, 4) is 0 Å². The van der Waals surface area contributed by atoms with Crippen LogP contribution < -0.4 is 5.32 Å². The maximum Gasteiger partial charge on any atom is 0.244 e. The van der Waals surface area contributed by atoms with E-state index in [9.17, 15) is 9.90 Å². The number of benzene rings is 1. The molecule has 0 aromatic heterocycles. The van der Waals surface area contributed by atoms with E-state index in [1.165, 1.54) is 12.8 Å². The third-order valence-corrected chi connectivity index (χ3v) is 4.08. The smallest absolute Gasteiger partial charge is 0.244 e. The summed E-state index contributed by atoms with van der Waals surface area (Å²) in [5.41, 5.74) is 3.32. The van der Waals surface area contributed by atoms with Crippen LogP contribution in [-0.2, 0) is 11.2 Å². The van der Waals surface area contributed by atoms with Gasteiger partial charge in [-0.1, -0.05) is 29.8 Å². The van der Waals surface area contributed by atoms with Gasteiger partial charge in [0.2, 0.25) is 5.91 Å². The molecule has 2 aliphatic rings. The minimum atomic E-state index is -0.518. The molecule has 0 spiro atoms. The summed E-state index contributed by atoms with van der Waals surface area (Å²) >= 11 is 0. The first kappa shape index (κ1) is 12.4. The first-order chi connectivity index (χ1) is 9.15. The lowest BCUT2D eigenvalue weighted by Crippen LogP contribution is -2.32. The topological polar surface area (TPSA) is 49.3 Å². The number of amides is 1. The second-order valence-electron chi connectivity index (χ2n) is 5.62. The highest BCUT2D eigenvalue weighted by molar-refractivity contribution is 5.88. The highest BCUT2D eigenvalue weighted by Crippen LogP contribution is 2.36. The third-order valence-electron chi connectivity index (χ3n) is 4.08. The summed E-state index contributed by atoms with van der Waals surface area (Å²) in [7, 11) is 0. The zero-order valence-electron chi connectivity index (χ0n) is 11.1. The summed E-state index contributed by atoms with van der Waals surface area (Å²) in [6.07, 6.45) is 4.18. The average Bonchev–Trinajstić information content (AvgIpc) is 3.17. The Balaban J connectivity index is 1.72. The predicted octanol–water partition coefficient (Wildman–Crippen LogP) is 2.12. The van der Waals surface area contributed by atoms with E-state index in [1.807, 2.05) is 31.2 Å². The zero-order valence-corrected chi connectivity index (χ0v) is 11.1. The minimum Gasteiger partial charge on any atom is -0.390 e. The van der Waals surface area contributed by atoms with Crippen LogP contribution in [0.15, 0.2) is 35.9 Å². The largest absolute Gasteiger partial charge is 0.390 e. The Morgan fingerprint density at radius 1 is 1.37 bits per heavy atom. The molecule has 1 saturated carbocycles. The Kier molecular flexibility index (Phi) is 3.15. The number of allylic oxidation sites excluding steroid dienone is 1. The zero-order chi connectivity index (χ0) is 13.4. The van der Waals surface area contributed by atoms with Crippen LogP contribution in [0.3, 0.4) is 0 Å². The molecule has 100 valence electrons. The number of aliphatic hydroxyl groups is 1. The molecule has 2 aliphatic carbocycles. The van der Waals surface area contributed by atoms with E-state index in [0.717, 1.165) is 16.7 Å². The highest BCUT2D eigenvalue weighted by atomic mass is 16.3. The van der Waals surface area contributed by atoms with E-state index in [0.29, 0.717) is 12.3 Å². The Bertz CT molecular complexity index is 531. The molecule has 0 aliphatic heterocycles. The molecule has 0 bridgehead atoms. The summed E-state index contributed by atoms with van der Waals surface area (Å²) in [5, 5.41) is 13.0. The van der Waals surface area contributed by atoms with Crippen molar-refractivity contribution in [1.29, 1.82) is 0 Å². The average molecular weight is 257 g/mol. The lowest BCUT2D eigenvalue weighted by molar-refractivity contribution is -0.118. The number of carbonyl (C=O) groups excluding carboxylic acids is 1. The summed E-state index contributed by atoms with van der Waals surface area (Å²) in [5.74, 6) is 0.511. The van der Waals surface area contributed by atoms with Crippen molar-refractivity contribution in [3.05, 3.63) is 47.0 Å². The van der Waals surface area contributed by atoms with Gasteiger partial charge in [0.15, 0.2) is 0 Å². The molecule has 0 saturated heterocycles. The fraction of sp³-hybridized carbons (Fsp3) is 0.438. The van der Waals surface area contributed by atoms with Crippen molar-refractivity contribution in [2.75, 3.05) is 0 Å². The van der Waals surface area contributed by atoms with Gasteiger partial charge < -0.3 is 10.4 Å². The summed E-state index contributed by atoms with van der Waals surface area (Å²) in [6, 6.07) is 7.63. The van der Waals surface area contributed by atoms with Gasteiger partial charge in [0.1, 0.15) is 0 Å². The molecular formula is C16H19NO2. The van der Waals surface area contributed by atoms with Crippen LogP contribution in [0, 0.1) is 5.92 Å². The van der Waals surface area contributed by atoms with Crippen LogP contribution in [-0.4, -0.2) is 17.1 Å². The number of hydrogen-bond acceptors (Lipinski definition) is 2. The molecule has 0 unspecified atom stereocenters. The number of carbonyl (C=O) groups is 1. The number of rotatable bonds is 3. The fourth-order valence-electron chi connectivity index (χ4n) is 2.81. The molecule has 19 heavy (non-hydrogen) atoms. The summed E-state index contributed by atoms with van der Waals surface area (Å²) in [4.78, 5) is 12.0. The SMILES string of the molecule is CC(=CC(=O)N[C@H]1c2ccccc2C[C@H]1O)C1CC1. The summed E-state index contributed by atoms with van der Waals surface area (Å²) in [6.45, 7) is 2.01. The molecule has 1 aromatic carbocycles. The van der Waals surface area contributed by atoms with E-state index >= 15 is 0 Å². The van der Waals surface area contributed by atoms with E-state index in [4.69, 9.17) is 0 Å². The number of fused-ring (bicyclic) bond motifs is 1. The molecular weight excluding hydrogens is 238 g/mol. The van der Waals surface area contributed by atoms with Crippen LogP contribution in [0.1, 0.15) is 36.9 Å². The maximum atomic E-state index is 12.0. The van der Waals surface area contributed by atoms with Crippen molar-refractivity contribution in [1.82, 2.24) is 5.32 Å². The normalized spacial score (nSPS) is 26.1. The van der Waals surface area contributed by atoms with E-state index < -0.39 is 6.10 Å². The second kappa shape index (κ2) is 4.82. The van der Waals surface area contributed by atoms with Crippen molar-refractivity contribution in [2.45, 2.75) is 38.3 Å². The molecule has 3 nitrogen and oxygen atoms in total. The van der Waals surface area contributed by atoms with Crippen molar-refractivity contribution in [2.24, 2.45) is 5.92 Å². The van der Waals surface area contributed by atoms with Crippen LogP contribution >= 0.6 is 0 Å². The summed E-state index contributed by atoms with van der Waals surface area (Å²) < 4.78 is 0. The third kappa shape index (κ3) is 2.56. The monoisotopic (exact) mass is 257 g/mol. The first-order valence-corrected chi connectivity index (χ1v) is 6.89. The number of nitrogens with one attached hydrogen (secondary N) is 1. The van der Waals surface area contributed by atoms with Gasteiger partial charge in [0, 0.05) is 12.5 Å². The van der Waals surface area contributed by atoms with Gasteiger partial charge in [-0.3, -0.25) is 4.79 Å². The van der Waals surface area contributed by atoms with Gasteiger partial charge in [-0.15, -0.1) is 0 Å². The highest BCUT2D eigenvalue weighted by Gasteiger charge is 2.31. The molecule has 3 heteroatoms. The van der Waals surface area contributed by atoms with Gasteiger partial charge in [0.25, 0.3) is 0 Å². The van der Waals surface area contributed by atoms with Crippen molar-refractivity contribution in [3.63, 3.8) is 0 Å². The molecule has 1 aromatic rings. The Morgan fingerprint density at radius 3 is 2.84 bits per heavy atom. The lowest BCUT2D eigenvalue weighted by Gasteiger charge is -2.17.